The van der Waals surface area contributed by atoms with Crippen LogP contribution in [0.5, 0.6) is 5.75 Å². The molecule has 0 spiro atoms. The average Bonchev–Trinajstić information content (AvgIpc) is 3.17. The fraction of sp³-hybridized carbons (Fsp3) is 0.238. The van der Waals surface area contributed by atoms with Crippen molar-refractivity contribution in [2.24, 2.45) is 0 Å². The summed E-state index contributed by atoms with van der Waals surface area (Å²) in [6.07, 6.45) is -1.47. The highest BCUT2D eigenvalue weighted by molar-refractivity contribution is 5.67. The van der Waals surface area contributed by atoms with Crippen LogP contribution in [0.15, 0.2) is 59.1 Å². The van der Waals surface area contributed by atoms with Crippen molar-refractivity contribution < 1.29 is 22.8 Å². The van der Waals surface area contributed by atoms with E-state index < -0.39 is 11.7 Å². The second kappa shape index (κ2) is 7.71. The highest BCUT2D eigenvalue weighted by atomic mass is 19.4. The molecule has 1 aliphatic heterocycles. The first kappa shape index (κ1) is 19.2. The van der Waals surface area contributed by atoms with E-state index in [0.29, 0.717) is 19.0 Å². The SMILES string of the molecule is Oc1ccc(C2=CCN(Cc3nc(-c4cccc(C(F)(F)F)c4)no3)CC2)cc1. The summed E-state index contributed by atoms with van der Waals surface area (Å²) in [5.74, 6) is 0.738. The van der Waals surface area contributed by atoms with Gasteiger partial charge in [0.1, 0.15) is 5.75 Å². The Morgan fingerprint density at radius 2 is 1.86 bits per heavy atom. The molecule has 1 aromatic heterocycles. The number of hydrogen-bond donors (Lipinski definition) is 1. The maximum atomic E-state index is 12.9. The normalized spacial score (nSPS) is 15.3. The van der Waals surface area contributed by atoms with Crippen LogP contribution in [-0.2, 0) is 12.7 Å². The number of benzene rings is 2. The van der Waals surface area contributed by atoms with Gasteiger partial charge in [-0.3, -0.25) is 4.90 Å². The van der Waals surface area contributed by atoms with E-state index in [1.54, 1.807) is 12.1 Å². The van der Waals surface area contributed by atoms with Crippen molar-refractivity contribution in [3.8, 4) is 17.1 Å². The molecule has 0 amide bonds. The zero-order valence-electron chi connectivity index (χ0n) is 15.4. The predicted molar refractivity (Wildman–Crippen MR) is 101 cm³/mol. The molecule has 8 heteroatoms. The Balaban J connectivity index is 1.42. The maximum Gasteiger partial charge on any atom is 0.416 e. The molecule has 0 saturated carbocycles. The summed E-state index contributed by atoms with van der Waals surface area (Å²) in [7, 11) is 0. The van der Waals surface area contributed by atoms with Gasteiger partial charge in [-0.25, -0.2) is 0 Å². The zero-order valence-corrected chi connectivity index (χ0v) is 15.4. The Bertz CT molecular complexity index is 1030. The lowest BCUT2D eigenvalue weighted by Crippen LogP contribution is -2.28. The third-order valence-corrected chi connectivity index (χ3v) is 4.81. The van der Waals surface area contributed by atoms with Crippen LogP contribution in [0, 0.1) is 0 Å². The second-order valence-electron chi connectivity index (χ2n) is 6.85. The summed E-state index contributed by atoms with van der Waals surface area (Å²) in [5.41, 5.74) is 1.80. The average molecular weight is 401 g/mol. The quantitative estimate of drug-likeness (QED) is 0.684. The van der Waals surface area contributed by atoms with Crippen LogP contribution < -0.4 is 0 Å². The highest BCUT2D eigenvalue weighted by Gasteiger charge is 2.30. The van der Waals surface area contributed by atoms with Gasteiger partial charge in [-0.2, -0.15) is 18.2 Å². The summed E-state index contributed by atoms with van der Waals surface area (Å²) in [5, 5.41) is 13.2. The molecule has 0 atom stereocenters. The molecule has 0 radical (unpaired) electrons. The van der Waals surface area contributed by atoms with Gasteiger partial charge in [0.15, 0.2) is 0 Å². The first-order valence-corrected chi connectivity index (χ1v) is 9.09. The first-order chi connectivity index (χ1) is 13.9. The minimum atomic E-state index is -4.42. The van der Waals surface area contributed by atoms with Gasteiger partial charge in [0.05, 0.1) is 12.1 Å². The van der Waals surface area contributed by atoms with E-state index in [2.05, 4.69) is 21.1 Å². The molecule has 150 valence electrons. The minimum absolute atomic E-state index is 0.142. The largest absolute Gasteiger partial charge is 0.508 e. The summed E-state index contributed by atoms with van der Waals surface area (Å²) in [6.45, 7) is 1.90. The van der Waals surface area contributed by atoms with E-state index >= 15 is 0 Å². The molecule has 4 rings (SSSR count). The van der Waals surface area contributed by atoms with Crippen molar-refractivity contribution in [3.05, 3.63) is 71.6 Å². The second-order valence-corrected chi connectivity index (χ2v) is 6.85. The smallest absolute Gasteiger partial charge is 0.416 e. The van der Waals surface area contributed by atoms with Gasteiger partial charge < -0.3 is 9.63 Å². The Morgan fingerprint density at radius 1 is 1.07 bits per heavy atom. The van der Waals surface area contributed by atoms with Crippen LogP contribution in [0.25, 0.3) is 17.0 Å². The van der Waals surface area contributed by atoms with E-state index in [1.807, 2.05) is 12.1 Å². The molecule has 0 saturated heterocycles. The fourth-order valence-electron chi connectivity index (χ4n) is 3.25. The molecule has 0 fully saturated rings. The highest BCUT2D eigenvalue weighted by Crippen LogP contribution is 2.31. The molecular formula is C21H18F3N3O2. The zero-order chi connectivity index (χ0) is 20.4. The van der Waals surface area contributed by atoms with Crippen LogP contribution in [0.1, 0.15) is 23.4 Å². The Kier molecular flexibility index (Phi) is 5.10. The van der Waals surface area contributed by atoms with Crippen molar-refractivity contribution in [2.75, 3.05) is 13.1 Å². The van der Waals surface area contributed by atoms with E-state index in [9.17, 15) is 18.3 Å². The Hall–Kier alpha value is -3.13. The van der Waals surface area contributed by atoms with Crippen molar-refractivity contribution >= 4 is 5.57 Å². The summed E-state index contributed by atoms with van der Waals surface area (Å²) >= 11 is 0. The molecule has 0 unspecified atom stereocenters. The topological polar surface area (TPSA) is 62.4 Å². The number of hydrogen-bond acceptors (Lipinski definition) is 5. The standard InChI is InChI=1S/C21H18F3N3O2/c22-21(23,24)17-3-1-2-16(12-17)20-25-19(29-26-20)13-27-10-8-15(9-11-27)14-4-6-18(28)7-5-14/h1-8,12,28H,9-11,13H2. The van der Waals surface area contributed by atoms with E-state index in [-0.39, 0.29) is 17.1 Å². The Labute approximate surface area is 165 Å². The lowest BCUT2D eigenvalue weighted by atomic mass is 9.99. The van der Waals surface area contributed by atoms with Crippen molar-refractivity contribution in [2.45, 2.75) is 19.1 Å². The van der Waals surface area contributed by atoms with E-state index in [1.165, 1.54) is 17.7 Å². The molecule has 0 bridgehead atoms. The fourth-order valence-corrected chi connectivity index (χ4v) is 3.25. The molecule has 0 aliphatic carbocycles. The first-order valence-electron chi connectivity index (χ1n) is 9.09. The summed E-state index contributed by atoms with van der Waals surface area (Å²) < 4.78 is 43.9. The maximum absolute atomic E-state index is 12.9. The summed E-state index contributed by atoms with van der Waals surface area (Å²) in [6, 6.07) is 12.0. The lowest BCUT2D eigenvalue weighted by Gasteiger charge is -2.25. The predicted octanol–water partition coefficient (Wildman–Crippen LogP) is 4.75. The monoisotopic (exact) mass is 401 g/mol. The van der Waals surface area contributed by atoms with Gasteiger partial charge in [0.25, 0.3) is 0 Å². The van der Waals surface area contributed by atoms with Gasteiger partial charge in [-0.05, 0) is 41.8 Å². The summed E-state index contributed by atoms with van der Waals surface area (Å²) in [4.78, 5) is 6.37. The van der Waals surface area contributed by atoms with Crippen LogP contribution in [0.3, 0.4) is 0 Å². The van der Waals surface area contributed by atoms with E-state index in [4.69, 9.17) is 4.52 Å². The third kappa shape index (κ3) is 4.48. The minimum Gasteiger partial charge on any atom is -0.508 e. The molecule has 2 aromatic carbocycles. The number of phenols is 1. The van der Waals surface area contributed by atoms with Crippen LogP contribution in [0.4, 0.5) is 13.2 Å². The third-order valence-electron chi connectivity index (χ3n) is 4.81. The number of rotatable bonds is 4. The van der Waals surface area contributed by atoms with Gasteiger partial charge >= 0.3 is 6.18 Å². The molecule has 3 aromatic rings. The van der Waals surface area contributed by atoms with Crippen molar-refractivity contribution in [1.29, 1.82) is 0 Å². The number of alkyl halides is 3. The number of aromatic nitrogens is 2. The van der Waals surface area contributed by atoms with Crippen LogP contribution in [0.2, 0.25) is 0 Å². The number of halogens is 3. The van der Waals surface area contributed by atoms with Gasteiger partial charge in [-0.1, -0.05) is 35.5 Å². The molecular weight excluding hydrogens is 383 g/mol. The number of nitrogens with zero attached hydrogens (tertiary/aromatic N) is 3. The van der Waals surface area contributed by atoms with Gasteiger partial charge in [0.2, 0.25) is 11.7 Å². The molecule has 29 heavy (non-hydrogen) atoms. The van der Waals surface area contributed by atoms with Crippen LogP contribution >= 0.6 is 0 Å². The lowest BCUT2D eigenvalue weighted by molar-refractivity contribution is -0.137. The van der Waals surface area contributed by atoms with Gasteiger partial charge in [-0.15, -0.1) is 0 Å². The molecule has 5 nitrogen and oxygen atoms in total. The Morgan fingerprint density at radius 3 is 2.55 bits per heavy atom. The number of aromatic hydroxyl groups is 1. The van der Waals surface area contributed by atoms with Crippen molar-refractivity contribution in [3.63, 3.8) is 0 Å². The van der Waals surface area contributed by atoms with Crippen LogP contribution in [-0.4, -0.2) is 33.2 Å². The molecule has 1 N–H and O–H groups in total. The molecule has 1 aliphatic rings. The molecule has 2 heterocycles. The van der Waals surface area contributed by atoms with E-state index in [0.717, 1.165) is 30.7 Å². The number of phenolic OH excluding ortho intramolecular Hbond substituents is 1. The van der Waals surface area contributed by atoms with Gasteiger partial charge in [0, 0.05) is 18.7 Å². The van der Waals surface area contributed by atoms with Crippen molar-refractivity contribution in [1.82, 2.24) is 15.0 Å².